The van der Waals surface area contributed by atoms with Crippen LogP contribution in [-0.4, -0.2) is 52.6 Å². The standard InChI is InChI=1S/C19H22N2O6/c1-12-15(22)21(17(24)20(12)18(25)27-19(2,3)4)14(16(23)26-5)11-13-9-7-6-8-10-13/h6-10,14H,1,11H2,2-5H3/t14-/m0/s1. The first kappa shape index (κ1) is 20.2. The van der Waals surface area contributed by atoms with Crippen LogP contribution < -0.4 is 0 Å². The van der Waals surface area contributed by atoms with Crippen molar-refractivity contribution in [2.75, 3.05) is 7.11 Å². The lowest BCUT2D eigenvalue weighted by Gasteiger charge is -2.25. The van der Waals surface area contributed by atoms with Crippen molar-refractivity contribution in [1.82, 2.24) is 9.80 Å². The summed E-state index contributed by atoms with van der Waals surface area (Å²) in [6, 6.07) is 6.61. The van der Waals surface area contributed by atoms with Gasteiger partial charge in [-0.05, 0) is 26.3 Å². The lowest BCUT2D eigenvalue weighted by Crippen LogP contribution is -2.48. The summed E-state index contributed by atoms with van der Waals surface area (Å²) in [7, 11) is 1.16. The molecule has 1 fully saturated rings. The number of urea groups is 1. The summed E-state index contributed by atoms with van der Waals surface area (Å²) in [6.45, 7) is 8.38. The summed E-state index contributed by atoms with van der Waals surface area (Å²) in [5.41, 5.74) is -0.536. The molecule has 4 amide bonds. The summed E-state index contributed by atoms with van der Waals surface area (Å²) in [5.74, 6) is -1.63. The van der Waals surface area contributed by atoms with Crippen LogP contribution in [0, 0.1) is 0 Å². The molecule has 0 unspecified atom stereocenters. The van der Waals surface area contributed by atoms with Gasteiger partial charge in [-0.3, -0.25) is 4.79 Å². The van der Waals surface area contributed by atoms with Crippen LogP contribution in [0.5, 0.6) is 0 Å². The summed E-state index contributed by atoms with van der Waals surface area (Å²) in [6.07, 6.45) is -0.989. The third-order valence-electron chi connectivity index (χ3n) is 3.77. The molecule has 0 spiro atoms. The molecular weight excluding hydrogens is 352 g/mol. The number of hydrogen-bond donors (Lipinski definition) is 0. The molecule has 1 heterocycles. The predicted molar refractivity (Wildman–Crippen MR) is 95.4 cm³/mol. The highest BCUT2D eigenvalue weighted by Crippen LogP contribution is 2.26. The molecule has 0 aromatic heterocycles. The van der Waals surface area contributed by atoms with Crippen LogP contribution in [0.2, 0.25) is 0 Å². The number of amides is 4. The van der Waals surface area contributed by atoms with E-state index in [4.69, 9.17) is 9.47 Å². The van der Waals surface area contributed by atoms with E-state index in [1.54, 1.807) is 51.1 Å². The van der Waals surface area contributed by atoms with Crippen LogP contribution in [-0.2, 0) is 25.5 Å². The smallest absolute Gasteiger partial charge is 0.423 e. The third-order valence-corrected chi connectivity index (χ3v) is 3.77. The number of nitrogens with zero attached hydrogens (tertiary/aromatic N) is 2. The Morgan fingerprint density at radius 3 is 2.26 bits per heavy atom. The second-order valence-electron chi connectivity index (χ2n) is 6.95. The Kier molecular flexibility index (Phi) is 5.68. The van der Waals surface area contributed by atoms with Crippen molar-refractivity contribution in [3.63, 3.8) is 0 Å². The lowest BCUT2D eigenvalue weighted by molar-refractivity contribution is -0.148. The molecule has 1 aromatic carbocycles. The van der Waals surface area contributed by atoms with Crippen LogP contribution in [0.25, 0.3) is 0 Å². The topological polar surface area (TPSA) is 93.2 Å². The minimum absolute atomic E-state index is 0.0421. The maximum Gasteiger partial charge on any atom is 0.423 e. The molecule has 27 heavy (non-hydrogen) atoms. The maximum atomic E-state index is 12.8. The van der Waals surface area contributed by atoms with E-state index in [-0.39, 0.29) is 12.1 Å². The fourth-order valence-electron chi connectivity index (χ4n) is 2.57. The Balaban J connectivity index is 2.34. The van der Waals surface area contributed by atoms with E-state index in [9.17, 15) is 19.2 Å². The van der Waals surface area contributed by atoms with E-state index in [1.165, 1.54) is 0 Å². The zero-order valence-corrected chi connectivity index (χ0v) is 15.7. The average Bonchev–Trinajstić information content (AvgIpc) is 2.81. The fraction of sp³-hybridized carbons (Fsp3) is 0.368. The van der Waals surface area contributed by atoms with E-state index in [0.717, 1.165) is 12.7 Å². The van der Waals surface area contributed by atoms with Gasteiger partial charge in [-0.25, -0.2) is 19.3 Å². The monoisotopic (exact) mass is 374 g/mol. The number of hydrogen-bond acceptors (Lipinski definition) is 6. The molecule has 1 aromatic rings. The van der Waals surface area contributed by atoms with Gasteiger partial charge in [0, 0.05) is 6.42 Å². The molecule has 0 saturated carbocycles. The van der Waals surface area contributed by atoms with Gasteiger partial charge in [-0.15, -0.1) is 0 Å². The molecule has 144 valence electrons. The molecule has 2 rings (SSSR count). The average molecular weight is 374 g/mol. The molecule has 0 bridgehead atoms. The Morgan fingerprint density at radius 2 is 1.74 bits per heavy atom. The number of methoxy groups -OCH3 is 1. The summed E-state index contributed by atoms with van der Waals surface area (Å²) >= 11 is 0. The van der Waals surface area contributed by atoms with E-state index in [1.807, 2.05) is 0 Å². The first-order valence-electron chi connectivity index (χ1n) is 8.28. The largest absolute Gasteiger partial charge is 0.467 e. The zero-order valence-electron chi connectivity index (χ0n) is 15.7. The highest BCUT2D eigenvalue weighted by molar-refractivity contribution is 6.18. The van der Waals surface area contributed by atoms with Crippen LogP contribution in [0.15, 0.2) is 42.6 Å². The molecule has 0 aliphatic carbocycles. The Labute approximate surface area is 157 Å². The van der Waals surface area contributed by atoms with Gasteiger partial charge >= 0.3 is 18.1 Å². The maximum absolute atomic E-state index is 12.8. The quantitative estimate of drug-likeness (QED) is 0.457. The van der Waals surface area contributed by atoms with Crippen LogP contribution in [0.4, 0.5) is 9.59 Å². The van der Waals surface area contributed by atoms with Crippen molar-refractivity contribution in [2.45, 2.75) is 38.8 Å². The molecule has 1 saturated heterocycles. The first-order valence-corrected chi connectivity index (χ1v) is 8.28. The minimum Gasteiger partial charge on any atom is -0.467 e. The summed E-state index contributed by atoms with van der Waals surface area (Å²) in [5, 5.41) is 0. The molecule has 0 N–H and O–H groups in total. The normalized spacial score (nSPS) is 15.8. The van der Waals surface area contributed by atoms with Gasteiger partial charge in [-0.2, -0.15) is 4.90 Å². The molecule has 1 aliphatic rings. The number of esters is 1. The van der Waals surface area contributed by atoms with Gasteiger partial charge in [-0.1, -0.05) is 36.9 Å². The molecule has 8 heteroatoms. The fourth-order valence-corrected chi connectivity index (χ4v) is 2.57. The van der Waals surface area contributed by atoms with Crippen molar-refractivity contribution in [3.05, 3.63) is 48.2 Å². The number of carbonyl (C=O) groups is 4. The first-order chi connectivity index (χ1) is 12.6. The van der Waals surface area contributed by atoms with Gasteiger partial charge in [0.25, 0.3) is 5.91 Å². The zero-order chi connectivity index (χ0) is 20.4. The molecular formula is C19H22N2O6. The summed E-state index contributed by atoms with van der Waals surface area (Å²) < 4.78 is 9.91. The van der Waals surface area contributed by atoms with Crippen LogP contribution >= 0.6 is 0 Å². The van der Waals surface area contributed by atoms with Crippen molar-refractivity contribution in [3.8, 4) is 0 Å². The van der Waals surface area contributed by atoms with Crippen LogP contribution in [0.1, 0.15) is 26.3 Å². The van der Waals surface area contributed by atoms with Gasteiger partial charge in [0.2, 0.25) is 0 Å². The Hall–Kier alpha value is -3.16. The number of rotatable bonds is 4. The van der Waals surface area contributed by atoms with Crippen molar-refractivity contribution in [1.29, 1.82) is 0 Å². The van der Waals surface area contributed by atoms with Gasteiger partial charge in [0.15, 0.2) is 0 Å². The van der Waals surface area contributed by atoms with Crippen molar-refractivity contribution >= 4 is 24.0 Å². The van der Waals surface area contributed by atoms with Crippen molar-refractivity contribution in [2.24, 2.45) is 0 Å². The lowest BCUT2D eigenvalue weighted by atomic mass is 10.0. The number of carbonyl (C=O) groups excluding carboxylic acids is 4. The molecule has 1 atom stereocenters. The SMILES string of the molecule is C=C1C(=O)N([C@@H](Cc2ccccc2)C(=O)OC)C(=O)N1C(=O)OC(C)(C)C. The minimum atomic E-state index is -1.23. The van der Waals surface area contributed by atoms with E-state index in [2.05, 4.69) is 6.58 Å². The number of ether oxygens (including phenoxy) is 2. The van der Waals surface area contributed by atoms with Crippen LogP contribution in [0.3, 0.4) is 0 Å². The van der Waals surface area contributed by atoms with E-state index in [0.29, 0.717) is 9.80 Å². The second-order valence-corrected chi connectivity index (χ2v) is 6.95. The molecule has 1 aliphatic heterocycles. The van der Waals surface area contributed by atoms with Crippen molar-refractivity contribution < 1.29 is 28.7 Å². The number of benzene rings is 1. The van der Waals surface area contributed by atoms with E-state index >= 15 is 0 Å². The summed E-state index contributed by atoms with van der Waals surface area (Å²) in [4.78, 5) is 51.2. The Morgan fingerprint density at radius 1 is 1.15 bits per heavy atom. The second kappa shape index (κ2) is 7.61. The van der Waals surface area contributed by atoms with E-state index < -0.39 is 35.6 Å². The van der Waals surface area contributed by atoms with Gasteiger partial charge in [0.1, 0.15) is 17.3 Å². The number of imide groups is 2. The molecule has 0 radical (unpaired) electrons. The Bertz CT molecular complexity index is 781. The van der Waals surface area contributed by atoms with Gasteiger partial charge < -0.3 is 9.47 Å². The van der Waals surface area contributed by atoms with Gasteiger partial charge in [0.05, 0.1) is 7.11 Å². The third kappa shape index (κ3) is 4.33. The highest BCUT2D eigenvalue weighted by atomic mass is 16.6. The predicted octanol–water partition coefficient (Wildman–Crippen LogP) is 2.48. The molecule has 8 nitrogen and oxygen atoms in total. The highest BCUT2D eigenvalue weighted by Gasteiger charge is 2.50.